The fourth-order valence-electron chi connectivity index (χ4n) is 2.68. The lowest BCUT2D eigenvalue weighted by atomic mass is 10.2. The molecule has 0 atom stereocenters. The first-order chi connectivity index (χ1) is 11.0. The largest absolute Gasteiger partial charge is 0.368 e. The summed E-state index contributed by atoms with van der Waals surface area (Å²) in [6.45, 7) is 4.76. The average Bonchev–Trinajstić information content (AvgIpc) is 2.86. The Balaban J connectivity index is 1.55. The average molecular weight is 337 g/mol. The monoisotopic (exact) mass is 336 g/mol. The van der Waals surface area contributed by atoms with E-state index in [-0.39, 0.29) is 18.3 Å². The van der Waals surface area contributed by atoms with Gasteiger partial charge in [-0.25, -0.2) is 4.39 Å². The zero-order valence-electron chi connectivity index (χ0n) is 12.9. The highest BCUT2D eigenvalue weighted by atomic mass is 35.5. The van der Waals surface area contributed by atoms with E-state index < -0.39 is 0 Å². The number of carbonyl (C=O) groups excluding carboxylic acids is 1. The highest BCUT2D eigenvalue weighted by Gasteiger charge is 2.21. The fraction of sp³-hybridized carbons (Fsp3) is 0.375. The maximum absolute atomic E-state index is 13.0. The van der Waals surface area contributed by atoms with Crippen LogP contribution >= 0.6 is 11.6 Å². The van der Waals surface area contributed by atoms with Crippen LogP contribution in [0.15, 0.2) is 30.5 Å². The predicted molar refractivity (Wildman–Crippen MR) is 87.2 cm³/mol. The van der Waals surface area contributed by atoms with Crippen molar-refractivity contribution in [2.24, 2.45) is 0 Å². The number of benzene rings is 1. The SMILES string of the molecule is Cc1nn(CC(=O)N2CCN(c3ccc(F)cc3)CC2)cc1Cl. The highest BCUT2D eigenvalue weighted by molar-refractivity contribution is 6.31. The Morgan fingerprint density at radius 3 is 2.43 bits per heavy atom. The second-order valence-electron chi connectivity index (χ2n) is 5.60. The van der Waals surface area contributed by atoms with Gasteiger partial charge in [-0.2, -0.15) is 5.10 Å². The highest BCUT2D eigenvalue weighted by Crippen LogP contribution is 2.17. The van der Waals surface area contributed by atoms with Crippen LogP contribution in [-0.2, 0) is 11.3 Å². The van der Waals surface area contributed by atoms with Crippen LogP contribution in [0.4, 0.5) is 10.1 Å². The number of amides is 1. The number of hydrogen-bond acceptors (Lipinski definition) is 3. The van der Waals surface area contributed by atoms with E-state index in [1.54, 1.807) is 23.0 Å². The van der Waals surface area contributed by atoms with E-state index >= 15 is 0 Å². The van der Waals surface area contributed by atoms with Gasteiger partial charge in [0.15, 0.2) is 0 Å². The predicted octanol–water partition coefficient (Wildman–Crippen LogP) is 2.33. The Hall–Kier alpha value is -2.08. The maximum Gasteiger partial charge on any atom is 0.244 e. The minimum atomic E-state index is -0.240. The lowest BCUT2D eigenvalue weighted by Crippen LogP contribution is -2.49. The lowest BCUT2D eigenvalue weighted by Gasteiger charge is -2.36. The number of carbonyl (C=O) groups is 1. The molecule has 1 saturated heterocycles. The van der Waals surface area contributed by atoms with Crippen molar-refractivity contribution in [2.45, 2.75) is 13.5 Å². The quantitative estimate of drug-likeness (QED) is 0.864. The Morgan fingerprint density at radius 2 is 1.87 bits per heavy atom. The van der Waals surface area contributed by atoms with E-state index in [1.165, 1.54) is 12.1 Å². The number of hydrogen-bond donors (Lipinski definition) is 0. The summed E-state index contributed by atoms with van der Waals surface area (Å²) >= 11 is 5.96. The molecule has 2 aromatic rings. The van der Waals surface area contributed by atoms with Gasteiger partial charge in [-0.15, -0.1) is 0 Å². The molecule has 5 nitrogen and oxygen atoms in total. The lowest BCUT2D eigenvalue weighted by molar-refractivity contribution is -0.132. The van der Waals surface area contributed by atoms with Crippen molar-refractivity contribution in [3.8, 4) is 0 Å². The van der Waals surface area contributed by atoms with Crippen LogP contribution in [0.5, 0.6) is 0 Å². The molecule has 0 unspecified atom stereocenters. The molecule has 0 N–H and O–H groups in total. The van der Waals surface area contributed by atoms with Gasteiger partial charge in [0.1, 0.15) is 12.4 Å². The van der Waals surface area contributed by atoms with Crippen molar-refractivity contribution in [1.82, 2.24) is 14.7 Å². The summed E-state index contributed by atoms with van der Waals surface area (Å²) in [6, 6.07) is 6.44. The molecule has 1 fully saturated rings. The molecule has 3 rings (SSSR count). The fourth-order valence-corrected chi connectivity index (χ4v) is 2.83. The summed E-state index contributed by atoms with van der Waals surface area (Å²) < 4.78 is 14.5. The Labute approximate surface area is 139 Å². The molecule has 0 bridgehead atoms. The molecule has 0 saturated carbocycles. The first-order valence-corrected chi connectivity index (χ1v) is 7.88. The molecular weight excluding hydrogens is 319 g/mol. The second-order valence-corrected chi connectivity index (χ2v) is 6.01. The Kier molecular flexibility index (Phi) is 4.52. The Morgan fingerprint density at radius 1 is 1.22 bits per heavy atom. The summed E-state index contributed by atoms with van der Waals surface area (Å²) in [5.74, 6) is -0.210. The maximum atomic E-state index is 13.0. The summed E-state index contributed by atoms with van der Waals surface area (Å²) in [7, 11) is 0. The molecule has 7 heteroatoms. The first kappa shape index (κ1) is 15.8. The van der Waals surface area contributed by atoms with Crippen molar-refractivity contribution in [1.29, 1.82) is 0 Å². The van der Waals surface area contributed by atoms with Gasteiger partial charge in [-0.1, -0.05) is 11.6 Å². The molecule has 1 amide bonds. The Bertz CT molecular complexity index is 673. The van der Waals surface area contributed by atoms with Crippen LogP contribution < -0.4 is 4.90 Å². The number of piperazine rings is 1. The van der Waals surface area contributed by atoms with Crippen LogP contribution in [0.25, 0.3) is 0 Å². The standard InChI is InChI=1S/C16H18ClFN4O/c1-12-15(17)10-22(19-12)11-16(23)21-8-6-20(7-9-21)14-4-2-13(18)3-5-14/h2-5,10H,6-9,11H2,1H3. The number of anilines is 1. The molecule has 0 radical (unpaired) electrons. The summed E-state index contributed by atoms with van der Waals surface area (Å²) in [6.07, 6.45) is 1.67. The van der Waals surface area contributed by atoms with Gasteiger partial charge in [0.25, 0.3) is 0 Å². The van der Waals surface area contributed by atoms with E-state index in [2.05, 4.69) is 10.00 Å². The smallest absolute Gasteiger partial charge is 0.244 e. The van der Waals surface area contributed by atoms with Gasteiger partial charge in [-0.05, 0) is 31.2 Å². The topological polar surface area (TPSA) is 41.4 Å². The van der Waals surface area contributed by atoms with Crippen molar-refractivity contribution in [3.05, 3.63) is 47.0 Å². The molecule has 1 aliphatic heterocycles. The first-order valence-electron chi connectivity index (χ1n) is 7.51. The molecule has 0 spiro atoms. The molecule has 1 aromatic heterocycles. The molecule has 1 aromatic carbocycles. The number of nitrogens with zero attached hydrogens (tertiary/aromatic N) is 4. The third-order valence-electron chi connectivity index (χ3n) is 4.01. The van der Waals surface area contributed by atoms with E-state index in [9.17, 15) is 9.18 Å². The van der Waals surface area contributed by atoms with Crippen molar-refractivity contribution < 1.29 is 9.18 Å². The third kappa shape index (κ3) is 3.64. The number of halogens is 2. The summed E-state index contributed by atoms with van der Waals surface area (Å²) in [4.78, 5) is 16.3. The molecule has 23 heavy (non-hydrogen) atoms. The van der Waals surface area contributed by atoms with Gasteiger partial charge in [0.05, 0.1) is 10.7 Å². The van der Waals surface area contributed by atoms with Crippen LogP contribution in [-0.4, -0.2) is 46.8 Å². The van der Waals surface area contributed by atoms with Gasteiger partial charge in [0.2, 0.25) is 5.91 Å². The van der Waals surface area contributed by atoms with Gasteiger partial charge in [-0.3, -0.25) is 9.48 Å². The van der Waals surface area contributed by atoms with Crippen molar-refractivity contribution in [3.63, 3.8) is 0 Å². The minimum absolute atomic E-state index is 0.0305. The number of aromatic nitrogens is 2. The van der Waals surface area contributed by atoms with Gasteiger partial charge in [0, 0.05) is 38.1 Å². The second kappa shape index (κ2) is 6.58. The van der Waals surface area contributed by atoms with E-state index in [4.69, 9.17) is 11.6 Å². The molecule has 122 valence electrons. The van der Waals surface area contributed by atoms with Crippen molar-refractivity contribution in [2.75, 3.05) is 31.1 Å². The zero-order chi connectivity index (χ0) is 16.4. The van der Waals surface area contributed by atoms with Gasteiger partial charge >= 0.3 is 0 Å². The molecular formula is C16H18ClFN4O. The van der Waals surface area contributed by atoms with Crippen LogP contribution in [0, 0.1) is 12.7 Å². The molecule has 0 aliphatic carbocycles. The van der Waals surface area contributed by atoms with E-state index in [0.717, 1.165) is 24.5 Å². The molecule has 2 heterocycles. The van der Waals surface area contributed by atoms with E-state index in [1.807, 2.05) is 11.8 Å². The molecule has 1 aliphatic rings. The van der Waals surface area contributed by atoms with Crippen LogP contribution in [0.1, 0.15) is 5.69 Å². The van der Waals surface area contributed by atoms with Crippen LogP contribution in [0.3, 0.4) is 0 Å². The summed E-state index contributed by atoms with van der Waals surface area (Å²) in [5.41, 5.74) is 1.70. The zero-order valence-corrected chi connectivity index (χ0v) is 13.6. The van der Waals surface area contributed by atoms with Crippen molar-refractivity contribution >= 4 is 23.2 Å². The van der Waals surface area contributed by atoms with Crippen LogP contribution in [0.2, 0.25) is 5.02 Å². The number of aryl methyl sites for hydroxylation is 1. The van der Waals surface area contributed by atoms with Gasteiger partial charge < -0.3 is 9.80 Å². The third-order valence-corrected chi connectivity index (χ3v) is 4.38. The number of rotatable bonds is 3. The van der Waals surface area contributed by atoms with E-state index in [0.29, 0.717) is 18.1 Å². The normalized spacial score (nSPS) is 15.1. The summed E-state index contributed by atoms with van der Waals surface area (Å²) in [5, 5.41) is 4.78. The minimum Gasteiger partial charge on any atom is -0.368 e.